The SMILES string of the molecule is C=CC(=O)OCC(=O)OCCOC1C2CC3C(C)(C2)C1OS3(=O)=O.C=CC(=O)OCC(=O)OCCOC1C2CC3C(C2)S(=O)(=O)OC31C.C=CC(=O)OCC(=O)OCCOC1C2CC3C1OS(=O)(=O)C3C2C.C=CC(=O)OCC(=O)OCCOC1C2OS(=O)(=O)C3CC1(C)CC23. The molecule has 4 saturated heterocycles. The van der Waals surface area contributed by atoms with E-state index in [1.165, 1.54) is 0 Å². The first-order valence-electron chi connectivity index (χ1n) is 31.1. The smallest absolute Gasteiger partial charge is 0.344 e. The fourth-order valence-corrected chi connectivity index (χ4v) is 24.8. The first kappa shape index (κ1) is 74.4. The lowest BCUT2D eigenvalue weighted by molar-refractivity contribution is -0.159. The third kappa shape index (κ3) is 15.5. The molecule has 96 heavy (non-hydrogen) atoms. The van der Waals surface area contributed by atoms with Crippen LogP contribution in [-0.2, 0) is 152 Å². The lowest BCUT2D eigenvalue weighted by Gasteiger charge is -2.33. The Morgan fingerprint density at radius 2 is 0.917 bits per heavy atom. The van der Waals surface area contributed by atoms with E-state index in [9.17, 15) is 72.0 Å². The van der Waals surface area contributed by atoms with Crippen molar-refractivity contribution in [2.45, 2.75) is 142 Å². The monoisotopic (exact) mass is 1440 g/mol. The topological polar surface area (TPSA) is 421 Å². The van der Waals surface area contributed by atoms with Crippen molar-refractivity contribution in [3.63, 3.8) is 0 Å². The van der Waals surface area contributed by atoms with Crippen LogP contribution < -0.4 is 0 Å². The number of fused-ring (bicyclic) bond motifs is 4. The molecule has 0 aromatic rings. The van der Waals surface area contributed by atoms with Crippen LogP contribution in [0.1, 0.15) is 72.6 Å². The maximum atomic E-state index is 12.0. The minimum atomic E-state index is -3.51. The Kier molecular flexibility index (Phi) is 22.9. The second-order valence-electron chi connectivity index (χ2n) is 26.0. The van der Waals surface area contributed by atoms with Gasteiger partial charge in [0, 0.05) is 47.5 Å². The van der Waals surface area contributed by atoms with Gasteiger partial charge in [-0.1, -0.05) is 47.1 Å². The van der Waals surface area contributed by atoms with Gasteiger partial charge in [-0.25, -0.2) is 38.4 Å². The van der Waals surface area contributed by atoms with Gasteiger partial charge in [-0.05, 0) is 81.0 Å². The van der Waals surface area contributed by atoms with Crippen molar-refractivity contribution in [3.8, 4) is 0 Å². The van der Waals surface area contributed by atoms with E-state index in [0.717, 1.165) is 50.0 Å². The first-order valence-corrected chi connectivity index (χ1v) is 37.0. The van der Waals surface area contributed by atoms with E-state index in [1.54, 1.807) is 6.92 Å². The Balaban J connectivity index is 0.000000150. The second-order valence-corrected chi connectivity index (χ2v) is 33.0. The zero-order chi connectivity index (χ0) is 70.1. The van der Waals surface area contributed by atoms with Crippen molar-refractivity contribution in [2.24, 2.45) is 52.3 Å². The molecule has 0 aromatic heterocycles. The molecule has 8 bridgehead atoms. The molecule has 0 N–H and O–H groups in total. The van der Waals surface area contributed by atoms with Gasteiger partial charge in [-0.2, -0.15) is 33.7 Å². The fourth-order valence-electron chi connectivity index (χ4n) is 16.5. The quantitative estimate of drug-likeness (QED) is 0.0339. The van der Waals surface area contributed by atoms with E-state index >= 15 is 0 Å². The Labute approximate surface area is 555 Å². The fraction of sp³-hybridized carbons (Fsp3) is 0.733. The van der Waals surface area contributed by atoms with Crippen molar-refractivity contribution < 1.29 is 146 Å². The summed E-state index contributed by atoms with van der Waals surface area (Å²) in [6.07, 6.45) is 5.99. The molecule has 0 amide bonds. The molecular weight excluding hydrogens is 1360 g/mol. The van der Waals surface area contributed by atoms with Crippen LogP contribution in [0.5, 0.6) is 0 Å². The van der Waals surface area contributed by atoms with E-state index in [-0.39, 0.29) is 130 Å². The summed E-state index contributed by atoms with van der Waals surface area (Å²) in [5.41, 5.74) is -1.44. The summed E-state index contributed by atoms with van der Waals surface area (Å²) in [5.74, 6) is -5.15. The Morgan fingerprint density at radius 3 is 1.42 bits per heavy atom. The predicted molar refractivity (Wildman–Crippen MR) is 321 cm³/mol. The first-order chi connectivity index (χ1) is 45.2. The van der Waals surface area contributed by atoms with Crippen LogP contribution in [-0.4, -0.2) is 230 Å². The number of hydrogen-bond acceptors (Lipinski definition) is 32. The Hall–Kier alpha value is -5.80. The van der Waals surface area contributed by atoms with Gasteiger partial charge in [-0.15, -0.1) is 0 Å². The molecule has 8 saturated carbocycles. The van der Waals surface area contributed by atoms with Gasteiger partial charge >= 0.3 is 47.8 Å². The molecule has 536 valence electrons. The molecule has 12 rings (SSSR count). The Morgan fingerprint density at radius 1 is 0.448 bits per heavy atom. The van der Waals surface area contributed by atoms with E-state index < -0.39 is 160 Å². The number of esters is 8. The third-order valence-corrected chi connectivity index (χ3v) is 27.7. The number of rotatable bonds is 28. The summed E-state index contributed by atoms with van der Waals surface area (Å²) >= 11 is 0. The summed E-state index contributed by atoms with van der Waals surface area (Å²) in [5, 5.41) is -1.67. The number of hydrogen-bond donors (Lipinski definition) is 0. The highest BCUT2D eigenvalue weighted by Gasteiger charge is 2.73. The number of carbonyl (C=O) groups excluding carboxylic acids is 8. The predicted octanol–water partition coefficient (Wildman–Crippen LogP) is 0.540. The molecule has 21 unspecified atom stereocenters. The zero-order valence-corrected chi connectivity index (χ0v) is 56.4. The molecule has 32 nitrogen and oxygen atoms in total. The van der Waals surface area contributed by atoms with Crippen LogP contribution in [0, 0.1) is 52.3 Å². The average molecular weight is 1440 g/mol. The third-order valence-electron chi connectivity index (χ3n) is 20.3. The highest BCUT2D eigenvalue weighted by Crippen LogP contribution is 2.65. The van der Waals surface area contributed by atoms with Gasteiger partial charge in [-0.3, -0.25) is 16.7 Å². The van der Waals surface area contributed by atoms with Gasteiger partial charge < -0.3 is 56.8 Å². The van der Waals surface area contributed by atoms with E-state index in [1.807, 2.05) is 20.8 Å². The van der Waals surface area contributed by atoms with Crippen molar-refractivity contribution >= 4 is 88.2 Å². The highest BCUT2D eigenvalue weighted by molar-refractivity contribution is 7.88. The van der Waals surface area contributed by atoms with Crippen LogP contribution in [0.25, 0.3) is 0 Å². The van der Waals surface area contributed by atoms with E-state index in [0.29, 0.717) is 19.3 Å². The largest absolute Gasteiger partial charge is 0.461 e. The number of carbonyl (C=O) groups is 8. The van der Waals surface area contributed by atoms with Crippen LogP contribution in [0.15, 0.2) is 50.6 Å². The normalized spacial score (nSPS) is 38.0. The summed E-state index contributed by atoms with van der Waals surface area (Å²) in [6.45, 7) is 19.0. The Bertz CT molecular complexity index is 3400. The second kappa shape index (κ2) is 29.6. The van der Waals surface area contributed by atoms with E-state index in [2.05, 4.69) is 45.3 Å². The van der Waals surface area contributed by atoms with Crippen LogP contribution >= 0.6 is 0 Å². The molecular formula is C60H80O32S4. The van der Waals surface area contributed by atoms with Crippen molar-refractivity contribution in [3.05, 3.63) is 50.6 Å². The molecule has 8 aliphatic carbocycles. The van der Waals surface area contributed by atoms with Crippen LogP contribution in [0.3, 0.4) is 0 Å². The van der Waals surface area contributed by atoms with Gasteiger partial charge in [0.1, 0.15) is 50.3 Å². The molecule has 0 spiro atoms. The number of ether oxygens (including phenoxy) is 12. The average Bonchev–Trinajstić information content (AvgIpc) is 1.71. The summed E-state index contributed by atoms with van der Waals surface area (Å²) in [4.78, 5) is 88.7. The molecule has 12 aliphatic rings. The minimum absolute atomic E-state index is 0.000802. The van der Waals surface area contributed by atoms with Crippen molar-refractivity contribution in [2.75, 3.05) is 79.3 Å². The standard InChI is InChI=1S/4C15H20O8S/c1-3-11(16)22-8-12(17)20-4-5-21-14-13-9-6-15(14,2)7-10(9)24(18,19)23-13;1-3-12(16)22-8-13(17)20-4-5-21-14-9-6-10-11(7-9)24(18,19)23-15(10,14)2;1-3-11(16)22-8-12(17)20-4-5-21-13-9-6-10-15(2,7-9)14(13)23-24(10,18)19;1-3-11(16)22-7-12(17)20-4-5-21-13-9-6-10-14(13)23-24(18,19)15(10)8(9)2/h3,9-10,13-14H,1,4-8H2,2H3;3,9-11,14H,1,4-8H2,2H3;3,9-10,13-14H,1,4-8H2,2H3;3,8-10,13-15H,1,4-7H2,2H3. The summed E-state index contributed by atoms with van der Waals surface area (Å²) in [7, 11) is -14.0. The lowest BCUT2D eigenvalue weighted by Crippen LogP contribution is -2.46. The summed E-state index contributed by atoms with van der Waals surface area (Å²) < 4.78 is 178. The maximum Gasteiger partial charge on any atom is 0.344 e. The molecule has 21 atom stereocenters. The maximum absolute atomic E-state index is 12.0. The van der Waals surface area contributed by atoms with Gasteiger partial charge in [0.2, 0.25) is 0 Å². The van der Waals surface area contributed by atoms with Gasteiger partial charge in [0.05, 0.1) is 71.8 Å². The molecule has 12 fully saturated rings. The van der Waals surface area contributed by atoms with Crippen molar-refractivity contribution in [1.29, 1.82) is 0 Å². The highest BCUT2D eigenvalue weighted by atomic mass is 32.2. The molecule has 36 heteroatoms. The molecule has 4 aliphatic heterocycles. The minimum Gasteiger partial charge on any atom is -0.461 e. The summed E-state index contributed by atoms with van der Waals surface area (Å²) in [6, 6.07) is 0. The molecule has 4 heterocycles. The van der Waals surface area contributed by atoms with Gasteiger partial charge in [0.25, 0.3) is 40.5 Å². The molecule has 0 radical (unpaired) electrons. The van der Waals surface area contributed by atoms with Crippen LogP contribution in [0.4, 0.5) is 0 Å². The van der Waals surface area contributed by atoms with Crippen LogP contribution in [0.2, 0.25) is 0 Å². The van der Waals surface area contributed by atoms with E-state index in [4.69, 9.17) is 54.6 Å². The van der Waals surface area contributed by atoms with Gasteiger partial charge in [0.15, 0.2) is 26.4 Å². The van der Waals surface area contributed by atoms with Crippen molar-refractivity contribution in [1.82, 2.24) is 0 Å². The lowest BCUT2D eigenvalue weighted by atomic mass is 9.82. The zero-order valence-electron chi connectivity index (χ0n) is 53.2. The molecule has 0 aromatic carbocycles.